The Balaban J connectivity index is 0.00000264. The van der Waals surface area contributed by atoms with E-state index in [1.165, 1.54) is 12.0 Å². The monoisotopic (exact) mass is 358 g/mol. The zero-order chi connectivity index (χ0) is 16.3. The summed E-state index contributed by atoms with van der Waals surface area (Å²) in [5.74, 6) is 0.453. The number of carbonyl (C=O) groups excluding carboxylic acids is 1. The van der Waals surface area contributed by atoms with E-state index in [-0.39, 0.29) is 29.8 Å². The van der Waals surface area contributed by atoms with Crippen LogP contribution in [0.25, 0.3) is 0 Å². The number of benzene rings is 1. The molecule has 1 amide bonds. The van der Waals surface area contributed by atoms with Crippen molar-refractivity contribution in [3.63, 3.8) is 0 Å². The van der Waals surface area contributed by atoms with Gasteiger partial charge in [-0.05, 0) is 49.8 Å². The number of hydrogen-bond acceptors (Lipinski definition) is 2. The van der Waals surface area contributed by atoms with Crippen molar-refractivity contribution in [3.05, 3.63) is 34.9 Å². The summed E-state index contributed by atoms with van der Waals surface area (Å²) in [4.78, 5) is 12.1. The summed E-state index contributed by atoms with van der Waals surface area (Å²) in [6.07, 6.45) is 4.36. The first-order valence-electron chi connectivity index (χ1n) is 8.17. The Bertz CT molecular complexity index is 510. The summed E-state index contributed by atoms with van der Waals surface area (Å²) in [5.41, 5.74) is 7.05. The first-order chi connectivity index (χ1) is 10.3. The second-order valence-corrected chi connectivity index (χ2v) is 7.43. The van der Waals surface area contributed by atoms with Crippen molar-refractivity contribution in [2.75, 3.05) is 0 Å². The van der Waals surface area contributed by atoms with Crippen LogP contribution >= 0.6 is 24.0 Å². The predicted octanol–water partition coefficient (Wildman–Crippen LogP) is 4.06. The quantitative estimate of drug-likeness (QED) is 0.805. The molecule has 3 N–H and O–H groups in total. The summed E-state index contributed by atoms with van der Waals surface area (Å²) in [7, 11) is 0. The topological polar surface area (TPSA) is 55.1 Å². The highest BCUT2D eigenvalue weighted by molar-refractivity contribution is 6.30. The Labute approximate surface area is 150 Å². The molecule has 1 aromatic rings. The zero-order valence-electron chi connectivity index (χ0n) is 14.1. The van der Waals surface area contributed by atoms with E-state index in [9.17, 15) is 4.79 Å². The van der Waals surface area contributed by atoms with E-state index < -0.39 is 6.04 Å². The fraction of sp³-hybridized carbons (Fsp3) is 0.611. The van der Waals surface area contributed by atoms with Gasteiger partial charge < -0.3 is 11.1 Å². The van der Waals surface area contributed by atoms with E-state index in [1.54, 1.807) is 6.92 Å². The summed E-state index contributed by atoms with van der Waals surface area (Å²) in [6, 6.07) is 7.74. The van der Waals surface area contributed by atoms with Gasteiger partial charge in [-0.3, -0.25) is 4.79 Å². The molecule has 5 heteroatoms. The Kier molecular flexibility index (Phi) is 7.37. The van der Waals surface area contributed by atoms with E-state index in [1.807, 2.05) is 12.1 Å². The lowest BCUT2D eigenvalue weighted by atomic mass is 9.59. The van der Waals surface area contributed by atoms with E-state index in [0.717, 1.165) is 24.3 Å². The summed E-state index contributed by atoms with van der Waals surface area (Å²) < 4.78 is 0. The first kappa shape index (κ1) is 20.3. The number of hydrogen-bond donors (Lipinski definition) is 2. The molecule has 2 unspecified atom stereocenters. The van der Waals surface area contributed by atoms with Crippen molar-refractivity contribution in [3.8, 4) is 0 Å². The number of carbonyl (C=O) groups is 1. The lowest BCUT2D eigenvalue weighted by Gasteiger charge is -2.49. The molecule has 0 aromatic heterocycles. The number of nitrogens with two attached hydrogens (primary N) is 1. The molecule has 1 fully saturated rings. The van der Waals surface area contributed by atoms with Crippen molar-refractivity contribution >= 4 is 29.9 Å². The highest BCUT2D eigenvalue weighted by Gasteiger charge is 2.46. The minimum Gasteiger partial charge on any atom is -0.351 e. The Morgan fingerprint density at radius 1 is 1.26 bits per heavy atom. The number of rotatable bonds is 6. The van der Waals surface area contributed by atoms with Gasteiger partial charge in [0.15, 0.2) is 0 Å². The molecule has 3 nitrogen and oxygen atoms in total. The number of halogens is 2. The van der Waals surface area contributed by atoms with Crippen LogP contribution in [0.1, 0.15) is 52.0 Å². The molecule has 23 heavy (non-hydrogen) atoms. The fourth-order valence-corrected chi connectivity index (χ4v) is 3.50. The molecule has 0 saturated heterocycles. The zero-order valence-corrected chi connectivity index (χ0v) is 15.7. The third-order valence-corrected chi connectivity index (χ3v) is 5.02. The van der Waals surface area contributed by atoms with E-state index >= 15 is 0 Å². The smallest absolute Gasteiger partial charge is 0.236 e. The van der Waals surface area contributed by atoms with Crippen LogP contribution in [0, 0.1) is 5.92 Å². The highest BCUT2D eigenvalue weighted by Crippen LogP contribution is 2.48. The summed E-state index contributed by atoms with van der Waals surface area (Å²) in [6.45, 7) is 6.12. The third kappa shape index (κ3) is 4.62. The molecule has 0 aliphatic heterocycles. The second kappa shape index (κ2) is 8.36. The second-order valence-electron chi connectivity index (χ2n) is 7.00. The van der Waals surface area contributed by atoms with Crippen LogP contribution in [-0.4, -0.2) is 18.0 Å². The molecule has 0 spiro atoms. The van der Waals surface area contributed by atoms with Gasteiger partial charge in [0.05, 0.1) is 6.04 Å². The van der Waals surface area contributed by atoms with Crippen LogP contribution in [0.15, 0.2) is 24.3 Å². The number of nitrogens with one attached hydrogen (secondary N) is 1. The van der Waals surface area contributed by atoms with Gasteiger partial charge in [-0.1, -0.05) is 44.0 Å². The van der Waals surface area contributed by atoms with Crippen molar-refractivity contribution in [1.29, 1.82) is 0 Å². The minimum absolute atomic E-state index is 0. The first-order valence-corrected chi connectivity index (χ1v) is 8.55. The van der Waals surface area contributed by atoms with Gasteiger partial charge in [-0.15, -0.1) is 12.4 Å². The molecule has 2 rings (SSSR count). The largest absolute Gasteiger partial charge is 0.351 e. The van der Waals surface area contributed by atoms with Crippen LogP contribution in [0.4, 0.5) is 0 Å². The standard InChI is InChI=1S/C18H27ClN2O.ClH/c1-12(2)11-16(21-17(22)13(3)20)18(9-4-10-18)14-5-7-15(19)8-6-14;/h5-8,12-13,16H,4,9-11,20H2,1-3H3,(H,21,22);1H. The molecule has 2 atom stereocenters. The molecule has 0 radical (unpaired) electrons. The van der Waals surface area contributed by atoms with Gasteiger partial charge in [0.2, 0.25) is 5.91 Å². The van der Waals surface area contributed by atoms with Crippen molar-refractivity contribution in [2.45, 2.75) is 64.0 Å². The highest BCUT2D eigenvalue weighted by atomic mass is 35.5. The molecule has 1 aromatic carbocycles. The molecular formula is C18H28Cl2N2O. The average Bonchev–Trinajstić information content (AvgIpc) is 2.38. The molecule has 1 aliphatic rings. The van der Waals surface area contributed by atoms with Gasteiger partial charge in [0.1, 0.15) is 0 Å². The maximum Gasteiger partial charge on any atom is 0.236 e. The average molecular weight is 359 g/mol. The lowest BCUT2D eigenvalue weighted by molar-refractivity contribution is -0.123. The van der Waals surface area contributed by atoms with Gasteiger partial charge in [0.25, 0.3) is 0 Å². The van der Waals surface area contributed by atoms with E-state index in [2.05, 4.69) is 31.3 Å². The van der Waals surface area contributed by atoms with Crippen LogP contribution in [0.3, 0.4) is 0 Å². The molecule has 130 valence electrons. The number of amides is 1. The van der Waals surface area contributed by atoms with E-state index in [4.69, 9.17) is 17.3 Å². The normalized spacial score (nSPS) is 18.5. The minimum atomic E-state index is -0.475. The Morgan fingerprint density at radius 3 is 2.22 bits per heavy atom. The molecule has 0 bridgehead atoms. The van der Waals surface area contributed by atoms with Gasteiger partial charge >= 0.3 is 0 Å². The Hall–Kier alpha value is -0.770. The van der Waals surface area contributed by atoms with Crippen LogP contribution in [0.2, 0.25) is 5.02 Å². The summed E-state index contributed by atoms with van der Waals surface area (Å²) in [5, 5.41) is 3.96. The lowest BCUT2D eigenvalue weighted by Crippen LogP contribution is -2.57. The maximum absolute atomic E-state index is 12.1. The molecule has 1 saturated carbocycles. The van der Waals surface area contributed by atoms with Crippen LogP contribution < -0.4 is 11.1 Å². The van der Waals surface area contributed by atoms with E-state index in [0.29, 0.717) is 5.92 Å². The van der Waals surface area contributed by atoms with Crippen molar-refractivity contribution < 1.29 is 4.79 Å². The van der Waals surface area contributed by atoms with Gasteiger partial charge in [-0.2, -0.15) is 0 Å². The van der Waals surface area contributed by atoms with Crippen molar-refractivity contribution in [1.82, 2.24) is 5.32 Å². The molecular weight excluding hydrogens is 331 g/mol. The van der Waals surface area contributed by atoms with Crippen LogP contribution in [-0.2, 0) is 10.2 Å². The predicted molar refractivity (Wildman–Crippen MR) is 99.3 cm³/mol. The maximum atomic E-state index is 12.1. The fourth-order valence-electron chi connectivity index (χ4n) is 3.38. The SMILES string of the molecule is CC(C)CC(NC(=O)C(C)N)C1(c2ccc(Cl)cc2)CCC1.Cl. The Morgan fingerprint density at radius 2 is 1.83 bits per heavy atom. The van der Waals surface area contributed by atoms with Gasteiger partial charge in [0, 0.05) is 16.5 Å². The molecule has 1 aliphatic carbocycles. The van der Waals surface area contributed by atoms with Crippen molar-refractivity contribution in [2.24, 2.45) is 11.7 Å². The molecule has 0 heterocycles. The summed E-state index contributed by atoms with van der Waals surface area (Å²) >= 11 is 6.03. The third-order valence-electron chi connectivity index (χ3n) is 4.77. The van der Waals surface area contributed by atoms with Gasteiger partial charge in [-0.25, -0.2) is 0 Å². The van der Waals surface area contributed by atoms with Crippen LogP contribution in [0.5, 0.6) is 0 Å².